The van der Waals surface area contributed by atoms with Crippen molar-refractivity contribution < 1.29 is 9.18 Å². The van der Waals surface area contributed by atoms with E-state index in [0.29, 0.717) is 11.1 Å². The van der Waals surface area contributed by atoms with Crippen molar-refractivity contribution in [3.05, 3.63) is 34.5 Å². The van der Waals surface area contributed by atoms with Gasteiger partial charge in [0.1, 0.15) is 6.29 Å². The molecule has 0 atom stereocenters. The van der Waals surface area contributed by atoms with Crippen molar-refractivity contribution in [1.82, 2.24) is 0 Å². The zero-order chi connectivity index (χ0) is 10.1. The van der Waals surface area contributed by atoms with Crippen LogP contribution in [0, 0.1) is 5.13 Å². The molecule has 2 aromatic rings. The van der Waals surface area contributed by atoms with Crippen molar-refractivity contribution in [1.29, 1.82) is 0 Å². The lowest BCUT2D eigenvalue weighted by Gasteiger charge is -2.00. The van der Waals surface area contributed by atoms with Gasteiger partial charge in [0.2, 0.25) is 0 Å². The van der Waals surface area contributed by atoms with Gasteiger partial charge in [-0.3, -0.25) is 4.79 Å². The highest BCUT2D eigenvalue weighted by Gasteiger charge is 2.09. The van der Waals surface area contributed by atoms with Gasteiger partial charge in [-0.05, 0) is 17.0 Å². The van der Waals surface area contributed by atoms with Crippen LogP contribution in [0.15, 0.2) is 18.2 Å². The third kappa shape index (κ3) is 1.42. The molecule has 0 fully saturated rings. The van der Waals surface area contributed by atoms with Crippen LogP contribution in [0.2, 0.25) is 0 Å². The Morgan fingerprint density at radius 2 is 2.29 bits per heavy atom. The number of aldehydes is 1. The summed E-state index contributed by atoms with van der Waals surface area (Å²) < 4.78 is 13.7. The average Bonchev–Trinajstić information content (AvgIpc) is 2.56. The number of fused-ring (bicyclic) bond motifs is 1. The van der Waals surface area contributed by atoms with Gasteiger partial charge in [0, 0.05) is 16.1 Å². The third-order valence-electron chi connectivity index (χ3n) is 2.06. The molecule has 0 radical (unpaired) electrons. The molecule has 14 heavy (non-hydrogen) atoms. The molecule has 0 amide bonds. The number of carbonyl (C=O) groups excluding carboxylic acids is 1. The standard InChI is InChI=1S/C10H6ClFOS/c11-4-8-7(5-13)2-1-6-3-9(12)14-10(6)8/h1-3,5H,4H2. The minimum absolute atomic E-state index is 0.228. The van der Waals surface area contributed by atoms with Crippen LogP contribution in [0.3, 0.4) is 0 Å². The Hall–Kier alpha value is -0.930. The molecule has 1 aromatic carbocycles. The van der Waals surface area contributed by atoms with E-state index in [4.69, 9.17) is 11.6 Å². The molecule has 0 bridgehead atoms. The van der Waals surface area contributed by atoms with E-state index in [-0.39, 0.29) is 11.0 Å². The molecule has 0 aliphatic heterocycles. The molecule has 72 valence electrons. The van der Waals surface area contributed by atoms with Crippen molar-refractivity contribution in [2.45, 2.75) is 5.88 Å². The molecule has 0 aliphatic rings. The second-order valence-corrected chi connectivity index (χ2v) is 4.12. The number of hydrogen-bond donors (Lipinski definition) is 0. The predicted octanol–water partition coefficient (Wildman–Crippen LogP) is 3.59. The monoisotopic (exact) mass is 228 g/mol. The number of benzene rings is 1. The Morgan fingerprint density at radius 1 is 1.50 bits per heavy atom. The summed E-state index contributed by atoms with van der Waals surface area (Å²) >= 11 is 6.75. The molecule has 0 saturated heterocycles. The summed E-state index contributed by atoms with van der Waals surface area (Å²) in [5.41, 5.74) is 1.25. The van der Waals surface area contributed by atoms with E-state index in [2.05, 4.69) is 0 Å². The van der Waals surface area contributed by atoms with Crippen molar-refractivity contribution in [2.24, 2.45) is 0 Å². The SMILES string of the molecule is O=Cc1ccc2cc(F)sc2c1CCl. The van der Waals surface area contributed by atoms with E-state index in [1.165, 1.54) is 6.07 Å². The van der Waals surface area contributed by atoms with Gasteiger partial charge in [0.15, 0.2) is 5.13 Å². The van der Waals surface area contributed by atoms with Crippen molar-refractivity contribution >= 4 is 39.3 Å². The maximum Gasteiger partial charge on any atom is 0.177 e. The predicted molar refractivity (Wildman–Crippen MR) is 56.7 cm³/mol. The number of rotatable bonds is 2. The van der Waals surface area contributed by atoms with Gasteiger partial charge >= 0.3 is 0 Å². The van der Waals surface area contributed by atoms with E-state index in [1.54, 1.807) is 12.1 Å². The zero-order valence-electron chi connectivity index (χ0n) is 7.09. The van der Waals surface area contributed by atoms with Crippen LogP contribution >= 0.6 is 22.9 Å². The molecular formula is C10H6ClFOS. The van der Waals surface area contributed by atoms with Crippen LogP contribution in [0.25, 0.3) is 10.1 Å². The minimum atomic E-state index is -0.255. The van der Waals surface area contributed by atoms with E-state index in [1.807, 2.05) is 0 Å². The van der Waals surface area contributed by atoms with Crippen LogP contribution in [-0.4, -0.2) is 6.29 Å². The van der Waals surface area contributed by atoms with Crippen LogP contribution in [0.5, 0.6) is 0 Å². The molecule has 1 aromatic heterocycles. The number of carbonyl (C=O) groups is 1. The van der Waals surface area contributed by atoms with E-state index >= 15 is 0 Å². The van der Waals surface area contributed by atoms with Gasteiger partial charge in [-0.1, -0.05) is 12.1 Å². The summed E-state index contributed by atoms with van der Waals surface area (Å²) in [7, 11) is 0. The number of thiophene rings is 1. The summed E-state index contributed by atoms with van der Waals surface area (Å²) in [6, 6.07) is 4.85. The molecule has 0 saturated carbocycles. The first-order valence-electron chi connectivity index (χ1n) is 3.98. The Bertz CT molecular complexity index is 492. The Morgan fingerprint density at radius 3 is 2.93 bits per heavy atom. The maximum absolute atomic E-state index is 13.0. The Kier molecular flexibility index (Phi) is 2.52. The largest absolute Gasteiger partial charge is 0.298 e. The lowest BCUT2D eigenvalue weighted by molar-refractivity contribution is 0.112. The fraction of sp³-hybridized carbons (Fsp3) is 0.100. The van der Waals surface area contributed by atoms with Crippen LogP contribution < -0.4 is 0 Å². The fourth-order valence-corrected chi connectivity index (χ4v) is 2.70. The van der Waals surface area contributed by atoms with Gasteiger partial charge in [0.05, 0.1) is 0 Å². The highest BCUT2D eigenvalue weighted by atomic mass is 35.5. The summed E-state index contributed by atoms with van der Waals surface area (Å²) in [5.74, 6) is 0.228. The molecule has 4 heteroatoms. The molecule has 0 N–H and O–H groups in total. The van der Waals surface area contributed by atoms with Gasteiger partial charge in [-0.25, -0.2) is 0 Å². The molecule has 1 heterocycles. The van der Waals surface area contributed by atoms with E-state index in [9.17, 15) is 9.18 Å². The first-order chi connectivity index (χ1) is 6.76. The second kappa shape index (κ2) is 3.67. The third-order valence-corrected chi connectivity index (χ3v) is 3.32. The Balaban J connectivity index is 2.82. The van der Waals surface area contributed by atoms with Crippen LogP contribution in [0.4, 0.5) is 4.39 Å². The highest BCUT2D eigenvalue weighted by Crippen LogP contribution is 2.30. The number of alkyl halides is 1. The molecule has 2 rings (SSSR count). The number of halogens is 2. The van der Waals surface area contributed by atoms with Gasteiger partial charge in [0.25, 0.3) is 0 Å². The van der Waals surface area contributed by atoms with Crippen molar-refractivity contribution in [3.8, 4) is 0 Å². The topological polar surface area (TPSA) is 17.1 Å². The van der Waals surface area contributed by atoms with E-state index in [0.717, 1.165) is 27.7 Å². The van der Waals surface area contributed by atoms with E-state index < -0.39 is 0 Å². The zero-order valence-corrected chi connectivity index (χ0v) is 8.66. The second-order valence-electron chi connectivity index (χ2n) is 2.85. The summed E-state index contributed by atoms with van der Waals surface area (Å²) in [6.07, 6.45) is 0.745. The first-order valence-corrected chi connectivity index (χ1v) is 5.33. The van der Waals surface area contributed by atoms with Crippen LogP contribution in [0.1, 0.15) is 15.9 Å². The van der Waals surface area contributed by atoms with Crippen molar-refractivity contribution in [2.75, 3.05) is 0 Å². The van der Waals surface area contributed by atoms with Crippen molar-refractivity contribution in [3.63, 3.8) is 0 Å². The highest BCUT2D eigenvalue weighted by molar-refractivity contribution is 7.17. The molecule has 0 aliphatic carbocycles. The molecule has 0 spiro atoms. The first kappa shape index (κ1) is 9.62. The molecular weight excluding hydrogens is 223 g/mol. The summed E-state index contributed by atoms with van der Waals surface area (Å²) in [6.45, 7) is 0. The summed E-state index contributed by atoms with van der Waals surface area (Å²) in [4.78, 5) is 10.7. The van der Waals surface area contributed by atoms with Crippen LogP contribution in [-0.2, 0) is 5.88 Å². The maximum atomic E-state index is 13.0. The lowest BCUT2D eigenvalue weighted by Crippen LogP contribution is -1.88. The lowest BCUT2D eigenvalue weighted by atomic mass is 10.1. The van der Waals surface area contributed by atoms with Gasteiger partial charge in [-0.2, -0.15) is 4.39 Å². The Labute approximate surface area is 89.1 Å². The minimum Gasteiger partial charge on any atom is -0.298 e. The smallest absolute Gasteiger partial charge is 0.177 e. The normalized spacial score (nSPS) is 10.7. The van der Waals surface area contributed by atoms with Gasteiger partial charge in [-0.15, -0.1) is 22.9 Å². The molecule has 0 unspecified atom stereocenters. The summed E-state index contributed by atoms with van der Waals surface area (Å²) in [5, 5.41) is 0.545. The number of hydrogen-bond acceptors (Lipinski definition) is 2. The van der Waals surface area contributed by atoms with Gasteiger partial charge < -0.3 is 0 Å². The average molecular weight is 229 g/mol. The fourth-order valence-electron chi connectivity index (χ4n) is 1.39. The quantitative estimate of drug-likeness (QED) is 0.567. The molecule has 1 nitrogen and oxygen atoms in total.